The average Bonchev–Trinajstić information content (AvgIpc) is 3.03. The molecule has 1 aliphatic rings. The molecule has 0 radical (unpaired) electrons. The molecule has 10 nitrogen and oxygen atoms in total. The van der Waals surface area contributed by atoms with Gasteiger partial charge < -0.3 is 39.4 Å². The Hall–Kier alpha value is -1.56. The molecule has 6 atom stereocenters. The number of aliphatic hydroxyl groups is 4. The Labute approximate surface area is 271 Å². The molecule has 0 saturated carbocycles. The van der Waals surface area contributed by atoms with E-state index in [2.05, 4.69) is 26.0 Å². The van der Waals surface area contributed by atoms with E-state index in [1.165, 1.54) is 51.4 Å². The van der Waals surface area contributed by atoms with E-state index in [4.69, 9.17) is 18.9 Å². The topological polar surface area (TPSA) is 152 Å². The van der Waals surface area contributed by atoms with Gasteiger partial charge in [0.25, 0.3) is 0 Å². The molecule has 4 N–H and O–H groups in total. The maximum Gasteiger partial charge on any atom is 0.306 e. The fraction of sp³-hybridized carbons (Fsp3) is 0.886. The van der Waals surface area contributed by atoms with Crippen LogP contribution < -0.4 is 0 Å². The zero-order chi connectivity index (χ0) is 33.1. The van der Waals surface area contributed by atoms with Crippen molar-refractivity contribution in [1.29, 1.82) is 0 Å². The molecule has 0 aromatic carbocycles. The molecule has 1 rings (SSSR count). The van der Waals surface area contributed by atoms with Crippen molar-refractivity contribution in [2.45, 2.75) is 179 Å². The lowest BCUT2D eigenvalue weighted by molar-refractivity contribution is -0.305. The first-order valence-corrected chi connectivity index (χ1v) is 17.8. The number of hydrogen-bond donors (Lipinski definition) is 4. The summed E-state index contributed by atoms with van der Waals surface area (Å²) in [6, 6.07) is 0. The zero-order valence-electron chi connectivity index (χ0n) is 28.1. The molecule has 1 heterocycles. The van der Waals surface area contributed by atoms with E-state index in [1.807, 2.05) is 0 Å². The molecule has 45 heavy (non-hydrogen) atoms. The summed E-state index contributed by atoms with van der Waals surface area (Å²) in [6.07, 6.45) is 16.7. The number of carbonyl (C=O) groups excluding carboxylic acids is 2. The summed E-state index contributed by atoms with van der Waals surface area (Å²) >= 11 is 0. The van der Waals surface area contributed by atoms with E-state index < -0.39 is 49.4 Å². The van der Waals surface area contributed by atoms with Crippen molar-refractivity contribution in [3.05, 3.63) is 12.2 Å². The Morgan fingerprint density at radius 3 is 1.78 bits per heavy atom. The summed E-state index contributed by atoms with van der Waals surface area (Å²) in [5, 5.41) is 39.7. The first-order valence-electron chi connectivity index (χ1n) is 17.8. The van der Waals surface area contributed by atoms with Crippen molar-refractivity contribution in [3.63, 3.8) is 0 Å². The van der Waals surface area contributed by atoms with Crippen molar-refractivity contribution in [1.82, 2.24) is 0 Å². The predicted molar refractivity (Wildman–Crippen MR) is 173 cm³/mol. The molecule has 10 heteroatoms. The Morgan fingerprint density at radius 2 is 1.18 bits per heavy atom. The highest BCUT2D eigenvalue weighted by molar-refractivity contribution is 5.70. The molecule has 1 fully saturated rings. The van der Waals surface area contributed by atoms with Crippen molar-refractivity contribution >= 4 is 11.9 Å². The van der Waals surface area contributed by atoms with E-state index in [1.54, 1.807) is 0 Å². The summed E-state index contributed by atoms with van der Waals surface area (Å²) < 4.78 is 21.9. The largest absolute Gasteiger partial charge is 0.462 e. The number of esters is 2. The highest BCUT2D eigenvalue weighted by Crippen LogP contribution is 2.22. The Morgan fingerprint density at radius 1 is 0.667 bits per heavy atom. The third-order valence-corrected chi connectivity index (χ3v) is 8.15. The van der Waals surface area contributed by atoms with Crippen LogP contribution in [-0.2, 0) is 28.5 Å². The van der Waals surface area contributed by atoms with Crippen LogP contribution in [0.5, 0.6) is 0 Å². The molecule has 0 aromatic heterocycles. The molecule has 0 aliphatic carbocycles. The minimum atomic E-state index is -1.59. The standard InChI is InChI=1S/C35H64O10/c1-3-5-7-9-11-13-14-15-16-18-20-22-24-31(38)44-28(26-42-30(37)23-21-19-17-12-10-8-6-4-2)27-43-35-34(41)33(40)32(39)29(25-36)45-35/h11,13,28-29,32-36,39-41H,3-10,12,14-27H2,1-2H3/b13-11+/t28-,29-,32+,33?,34?,35-/m1/s1. The lowest BCUT2D eigenvalue weighted by Crippen LogP contribution is -2.59. The maximum absolute atomic E-state index is 12.6. The van der Waals surface area contributed by atoms with Gasteiger partial charge in [-0.3, -0.25) is 9.59 Å². The van der Waals surface area contributed by atoms with Crippen LogP contribution in [0.25, 0.3) is 0 Å². The van der Waals surface area contributed by atoms with Crippen molar-refractivity contribution in [3.8, 4) is 0 Å². The number of carbonyl (C=O) groups is 2. The van der Waals surface area contributed by atoms with Crippen molar-refractivity contribution in [2.75, 3.05) is 19.8 Å². The van der Waals surface area contributed by atoms with Gasteiger partial charge in [-0.2, -0.15) is 0 Å². The molecule has 0 bridgehead atoms. The van der Waals surface area contributed by atoms with Gasteiger partial charge in [0.2, 0.25) is 0 Å². The third kappa shape index (κ3) is 20.3. The highest BCUT2D eigenvalue weighted by Gasteiger charge is 2.44. The average molecular weight is 645 g/mol. The number of allylic oxidation sites excluding steroid dienone is 2. The van der Waals surface area contributed by atoms with Crippen LogP contribution in [0, 0.1) is 0 Å². The van der Waals surface area contributed by atoms with Crippen LogP contribution in [0.3, 0.4) is 0 Å². The van der Waals surface area contributed by atoms with Crippen molar-refractivity contribution in [2.24, 2.45) is 0 Å². The second-order valence-electron chi connectivity index (χ2n) is 12.3. The molecule has 0 amide bonds. The SMILES string of the molecule is CCCCC/C=C/CCCCCCCC(=O)O[C@H](COC(=O)CCCCCCCCCC)CO[C@@H]1O[C@H](CO)[C@H](O)C(O)C1O. The molecule has 0 spiro atoms. The summed E-state index contributed by atoms with van der Waals surface area (Å²) in [7, 11) is 0. The molecular formula is C35H64O10. The van der Waals surface area contributed by atoms with Crippen LogP contribution in [0.2, 0.25) is 0 Å². The number of aliphatic hydroxyl groups excluding tert-OH is 4. The quantitative estimate of drug-likeness (QED) is 0.0477. The van der Waals surface area contributed by atoms with Crippen molar-refractivity contribution < 1.29 is 49.0 Å². The maximum atomic E-state index is 12.6. The van der Waals surface area contributed by atoms with Gasteiger partial charge in [-0.05, 0) is 38.5 Å². The van der Waals surface area contributed by atoms with Gasteiger partial charge in [0.15, 0.2) is 12.4 Å². The Bertz CT molecular complexity index is 759. The second-order valence-corrected chi connectivity index (χ2v) is 12.3. The van der Waals surface area contributed by atoms with E-state index >= 15 is 0 Å². The van der Waals surface area contributed by atoms with Gasteiger partial charge in [0, 0.05) is 12.8 Å². The fourth-order valence-corrected chi connectivity index (χ4v) is 5.24. The fourth-order valence-electron chi connectivity index (χ4n) is 5.24. The first-order chi connectivity index (χ1) is 21.8. The highest BCUT2D eigenvalue weighted by atomic mass is 16.7. The Kier molecular flexibility index (Phi) is 25.4. The van der Waals surface area contributed by atoms with Crippen LogP contribution in [-0.4, -0.2) is 89.0 Å². The molecule has 2 unspecified atom stereocenters. The van der Waals surface area contributed by atoms with Gasteiger partial charge in [0.05, 0.1) is 13.2 Å². The minimum absolute atomic E-state index is 0.217. The predicted octanol–water partition coefficient (Wildman–Crippen LogP) is 5.66. The van der Waals surface area contributed by atoms with E-state index in [-0.39, 0.29) is 32.0 Å². The smallest absolute Gasteiger partial charge is 0.306 e. The van der Waals surface area contributed by atoms with Crippen LogP contribution in [0.15, 0.2) is 12.2 Å². The normalized spacial score (nSPS) is 22.5. The molecule has 264 valence electrons. The van der Waals surface area contributed by atoms with Gasteiger partial charge >= 0.3 is 11.9 Å². The summed E-state index contributed by atoms with van der Waals surface area (Å²) in [5.74, 6) is -0.822. The minimum Gasteiger partial charge on any atom is -0.462 e. The van der Waals surface area contributed by atoms with Crippen LogP contribution in [0.1, 0.15) is 142 Å². The Balaban J connectivity index is 2.45. The number of unbranched alkanes of at least 4 members (excludes halogenated alkanes) is 15. The number of rotatable bonds is 28. The summed E-state index contributed by atoms with van der Waals surface area (Å²) in [5.41, 5.74) is 0. The summed E-state index contributed by atoms with van der Waals surface area (Å²) in [4.78, 5) is 25.0. The van der Waals surface area contributed by atoms with E-state index in [9.17, 15) is 30.0 Å². The zero-order valence-corrected chi connectivity index (χ0v) is 28.1. The lowest BCUT2D eigenvalue weighted by atomic mass is 9.99. The van der Waals surface area contributed by atoms with Crippen LogP contribution >= 0.6 is 0 Å². The van der Waals surface area contributed by atoms with Gasteiger partial charge in [-0.1, -0.05) is 103 Å². The molecule has 1 saturated heterocycles. The second kappa shape index (κ2) is 27.5. The third-order valence-electron chi connectivity index (χ3n) is 8.15. The number of ether oxygens (including phenoxy) is 4. The molecule has 1 aliphatic heterocycles. The molecule has 0 aromatic rings. The monoisotopic (exact) mass is 644 g/mol. The first kappa shape index (κ1) is 41.5. The van der Waals surface area contributed by atoms with E-state index in [0.29, 0.717) is 6.42 Å². The van der Waals surface area contributed by atoms with Gasteiger partial charge in [0.1, 0.15) is 31.0 Å². The van der Waals surface area contributed by atoms with Crippen LogP contribution in [0.4, 0.5) is 0 Å². The molecular weight excluding hydrogens is 580 g/mol. The van der Waals surface area contributed by atoms with Gasteiger partial charge in [-0.15, -0.1) is 0 Å². The van der Waals surface area contributed by atoms with E-state index in [0.717, 1.165) is 57.8 Å². The summed E-state index contributed by atoms with van der Waals surface area (Å²) in [6.45, 7) is 3.32. The van der Waals surface area contributed by atoms with Gasteiger partial charge in [-0.25, -0.2) is 0 Å². The number of hydrogen-bond acceptors (Lipinski definition) is 10. The lowest BCUT2D eigenvalue weighted by Gasteiger charge is -2.39.